The Bertz CT molecular complexity index is 1370. The van der Waals surface area contributed by atoms with Gasteiger partial charge in [0.1, 0.15) is 23.7 Å². The van der Waals surface area contributed by atoms with Crippen LogP contribution in [-0.2, 0) is 6.54 Å². The molecule has 31 heavy (non-hydrogen) atoms. The van der Waals surface area contributed by atoms with Crippen molar-refractivity contribution in [2.45, 2.75) is 6.54 Å². The average molecular weight is 431 g/mol. The highest BCUT2D eigenvalue weighted by molar-refractivity contribution is 6.31. The van der Waals surface area contributed by atoms with Gasteiger partial charge in [0.2, 0.25) is 0 Å². The summed E-state index contributed by atoms with van der Waals surface area (Å²) in [7, 11) is 0. The third-order valence-electron chi connectivity index (χ3n) is 4.84. The highest BCUT2D eigenvalue weighted by Gasteiger charge is 2.10. The Morgan fingerprint density at radius 2 is 1.84 bits per heavy atom. The minimum atomic E-state index is -0.472. The van der Waals surface area contributed by atoms with Crippen molar-refractivity contribution in [3.05, 3.63) is 95.7 Å². The summed E-state index contributed by atoms with van der Waals surface area (Å²) in [4.78, 5) is 8.68. The fourth-order valence-electron chi connectivity index (χ4n) is 3.30. The molecule has 8 heteroatoms. The largest absolute Gasteiger partial charge is 0.340 e. The Morgan fingerprint density at radius 3 is 2.68 bits per heavy atom. The lowest BCUT2D eigenvalue weighted by Crippen LogP contribution is -1.99. The number of hydrogen-bond donors (Lipinski definition) is 1. The van der Waals surface area contributed by atoms with E-state index in [1.54, 1.807) is 10.7 Å². The van der Waals surface area contributed by atoms with Gasteiger partial charge in [-0.15, -0.1) is 5.10 Å². The van der Waals surface area contributed by atoms with Crippen LogP contribution in [0.15, 0.2) is 79.3 Å². The summed E-state index contributed by atoms with van der Waals surface area (Å²) in [5.41, 5.74) is 4.19. The molecule has 1 N–H and O–H groups in total. The SMILES string of the molecule is Fc1ccc(Nc2ncnc3ccc(-c4cn(Cc5ccccc5)nn4)cc23)cc1Cl. The van der Waals surface area contributed by atoms with E-state index in [9.17, 15) is 4.39 Å². The van der Waals surface area contributed by atoms with Gasteiger partial charge < -0.3 is 5.32 Å². The van der Waals surface area contributed by atoms with Gasteiger partial charge in [-0.1, -0.05) is 53.2 Å². The van der Waals surface area contributed by atoms with Gasteiger partial charge in [-0.3, -0.25) is 0 Å². The molecule has 0 fully saturated rings. The first-order valence-corrected chi connectivity index (χ1v) is 9.95. The number of benzene rings is 3. The van der Waals surface area contributed by atoms with Gasteiger partial charge in [-0.2, -0.15) is 0 Å². The van der Waals surface area contributed by atoms with Gasteiger partial charge >= 0.3 is 0 Å². The minimum Gasteiger partial charge on any atom is -0.340 e. The predicted octanol–water partition coefficient (Wildman–Crippen LogP) is 5.47. The molecule has 0 unspecified atom stereocenters. The molecule has 152 valence electrons. The molecule has 0 aliphatic carbocycles. The smallest absolute Gasteiger partial charge is 0.141 e. The maximum Gasteiger partial charge on any atom is 0.141 e. The molecular weight excluding hydrogens is 415 g/mol. The summed E-state index contributed by atoms with van der Waals surface area (Å²) in [5, 5.41) is 12.6. The van der Waals surface area contributed by atoms with Crippen LogP contribution in [0.4, 0.5) is 15.9 Å². The molecule has 0 aliphatic heterocycles. The molecule has 6 nitrogen and oxygen atoms in total. The van der Waals surface area contributed by atoms with E-state index in [2.05, 4.69) is 25.6 Å². The Hall–Kier alpha value is -3.84. The topological polar surface area (TPSA) is 68.5 Å². The standard InChI is InChI=1S/C23H16ClFN6/c24-19-11-17(7-8-20(19)25)28-23-18-10-16(6-9-21(18)26-14-27-23)22-13-31(30-29-22)12-15-4-2-1-3-5-15/h1-11,13-14H,12H2,(H,26,27,28). The van der Waals surface area contributed by atoms with Crippen molar-refractivity contribution in [1.29, 1.82) is 0 Å². The molecule has 0 atom stereocenters. The predicted molar refractivity (Wildman–Crippen MR) is 119 cm³/mol. The first-order chi connectivity index (χ1) is 15.2. The fraction of sp³-hybridized carbons (Fsp3) is 0.0435. The average Bonchev–Trinajstić information content (AvgIpc) is 3.25. The van der Waals surface area contributed by atoms with Crippen LogP contribution in [0.1, 0.15) is 5.56 Å². The van der Waals surface area contributed by atoms with E-state index >= 15 is 0 Å². The van der Waals surface area contributed by atoms with E-state index in [-0.39, 0.29) is 5.02 Å². The van der Waals surface area contributed by atoms with Crippen LogP contribution in [0.2, 0.25) is 5.02 Å². The monoisotopic (exact) mass is 430 g/mol. The van der Waals surface area contributed by atoms with E-state index in [0.717, 1.165) is 27.7 Å². The maximum atomic E-state index is 13.5. The van der Waals surface area contributed by atoms with Gasteiger partial charge in [-0.05, 0) is 35.9 Å². The van der Waals surface area contributed by atoms with Crippen LogP contribution < -0.4 is 5.32 Å². The number of hydrogen-bond acceptors (Lipinski definition) is 5. The molecule has 0 radical (unpaired) electrons. The Labute approximate surface area is 182 Å². The highest BCUT2D eigenvalue weighted by Crippen LogP contribution is 2.29. The van der Waals surface area contributed by atoms with Crippen molar-refractivity contribution in [2.24, 2.45) is 0 Å². The first kappa shape index (κ1) is 19.1. The van der Waals surface area contributed by atoms with Crippen LogP contribution in [0.3, 0.4) is 0 Å². The first-order valence-electron chi connectivity index (χ1n) is 9.57. The summed E-state index contributed by atoms with van der Waals surface area (Å²) in [5.74, 6) is 0.117. The fourth-order valence-corrected chi connectivity index (χ4v) is 3.49. The van der Waals surface area contributed by atoms with Gasteiger partial charge in [0.15, 0.2) is 0 Å². The van der Waals surface area contributed by atoms with Crippen LogP contribution in [0.5, 0.6) is 0 Å². The molecular formula is C23H16ClFN6. The summed E-state index contributed by atoms with van der Waals surface area (Å²) in [6.45, 7) is 0.642. The lowest BCUT2D eigenvalue weighted by Gasteiger charge is -2.09. The van der Waals surface area contributed by atoms with Gasteiger partial charge in [0, 0.05) is 16.6 Å². The molecule has 5 aromatic rings. The molecule has 0 spiro atoms. The number of aromatic nitrogens is 5. The molecule has 5 rings (SSSR count). The zero-order chi connectivity index (χ0) is 21.2. The zero-order valence-corrected chi connectivity index (χ0v) is 17.0. The molecule has 0 aliphatic rings. The third-order valence-corrected chi connectivity index (χ3v) is 5.13. The van der Waals surface area contributed by atoms with Crippen molar-refractivity contribution in [3.8, 4) is 11.3 Å². The van der Waals surface area contributed by atoms with E-state index in [1.807, 2.05) is 54.7 Å². The third kappa shape index (κ3) is 4.08. The van der Waals surface area contributed by atoms with E-state index in [4.69, 9.17) is 11.6 Å². The van der Waals surface area contributed by atoms with Crippen molar-refractivity contribution in [1.82, 2.24) is 25.0 Å². The number of halogens is 2. The second-order valence-corrected chi connectivity index (χ2v) is 7.40. The van der Waals surface area contributed by atoms with E-state index in [1.165, 1.54) is 18.5 Å². The molecule has 2 heterocycles. The maximum absolute atomic E-state index is 13.5. The lowest BCUT2D eigenvalue weighted by atomic mass is 10.1. The summed E-state index contributed by atoms with van der Waals surface area (Å²) < 4.78 is 15.3. The lowest BCUT2D eigenvalue weighted by molar-refractivity contribution is 0.628. The number of fused-ring (bicyclic) bond motifs is 1. The summed E-state index contributed by atoms with van der Waals surface area (Å²) >= 11 is 5.90. The normalized spacial score (nSPS) is 11.0. The molecule has 2 aromatic heterocycles. The van der Waals surface area contributed by atoms with Crippen molar-refractivity contribution in [3.63, 3.8) is 0 Å². The molecule has 0 bridgehead atoms. The number of anilines is 2. The molecule has 0 saturated heterocycles. The van der Waals surface area contributed by atoms with Crippen molar-refractivity contribution < 1.29 is 4.39 Å². The van der Waals surface area contributed by atoms with E-state index < -0.39 is 5.82 Å². The number of rotatable bonds is 5. The zero-order valence-electron chi connectivity index (χ0n) is 16.2. The molecule has 3 aromatic carbocycles. The minimum absolute atomic E-state index is 0.0408. The Balaban J connectivity index is 1.47. The number of nitrogens with zero attached hydrogens (tertiary/aromatic N) is 5. The summed E-state index contributed by atoms with van der Waals surface area (Å²) in [6.07, 6.45) is 3.39. The second-order valence-electron chi connectivity index (χ2n) is 7.00. The molecule has 0 amide bonds. The van der Waals surface area contributed by atoms with Gasteiger partial charge in [0.05, 0.1) is 23.3 Å². The summed E-state index contributed by atoms with van der Waals surface area (Å²) in [6, 6.07) is 20.3. The van der Waals surface area contributed by atoms with Crippen molar-refractivity contribution >= 4 is 34.0 Å². The van der Waals surface area contributed by atoms with Crippen LogP contribution in [-0.4, -0.2) is 25.0 Å². The van der Waals surface area contributed by atoms with Crippen LogP contribution in [0, 0.1) is 5.82 Å². The quantitative estimate of drug-likeness (QED) is 0.400. The Morgan fingerprint density at radius 1 is 0.968 bits per heavy atom. The van der Waals surface area contributed by atoms with Gasteiger partial charge in [-0.25, -0.2) is 19.0 Å². The second kappa shape index (κ2) is 8.12. The van der Waals surface area contributed by atoms with Crippen LogP contribution >= 0.6 is 11.6 Å². The Kier molecular flexibility index (Phi) is 5.01. The number of nitrogens with one attached hydrogen (secondary N) is 1. The highest BCUT2D eigenvalue weighted by atomic mass is 35.5. The van der Waals surface area contributed by atoms with Gasteiger partial charge in [0.25, 0.3) is 0 Å². The van der Waals surface area contributed by atoms with E-state index in [0.29, 0.717) is 18.1 Å². The van der Waals surface area contributed by atoms with Crippen LogP contribution in [0.25, 0.3) is 22.2 Å². The van der Waals surface area contributed by atoms with Crippen molar-refractivity contribution in [2.75, 3.05) is 5.32 Å². The molecule has 0 saturated carbocycles.